The van der Waals surface area contributed by atoms with Gasteiger partial charge in [-0.3, -0.25) is 4.79 Å². The van der Waals surface area contributed by atoms with Crippen LogP contribution in [0.2, 0.25) is 5.02 Å². The molecule has 5 nitrogen and oxygen atoms in total. The smallest absolute Gasteiger partial charge is 0.330 e. The van der Waals surface area contributed by atoms with Crippen LogP contribution in [-0.4, -0.2) is 19.7 Å². The molecular formula is C19H15ClO5S. The van der Waals surface area contributed by atoms with E-state index in [0.717, 1.165) is 9.75 Å². The summed E-state index contributed by atoms with van der Waals surface area (Å²) in [4.78, 5) is 25.9. The van der Waals surface area contributed by atoms with E-state index in [1.165, 1.54) is 30.6 Å². The number of halogens is 1. The first-order valence-corrected chi connectivity index (χ1v) is 8.89. The average molecular weight is 391 g/mol. The van der Waals surface area contributed by atoms with Crippen LogP contribution in [0.25, 0.3) is 21.6 Å². The quantitative estimate of drug-likeness (QED) is 0.471. The highest BCUT2D eigenvalue weighted by Crippen LogP contribution is 2.35. The topological polar surface area (TPSA) is 65.7 Å². The van der Waals surface area contributed by atoms with Crippen molar-refractivity contribution in [2.24, 2.45) is 0 Å². The summed E-state index contributed by atoms with van der Waals surface area (Å²) >= 11 is 7.49. The Bertz CT molecular complexity index is 1050. The lowest BCUT2D eigenvalue weighted by Crippen LogP contribution is -2.10. The summed E-state index contributed by atoms with van der Waals surface area (Å²) in [6, 6.07) is 8.67. The second kappa shape index (κ2) is 7.76. The van der Waals surface area contributed by atoms with Gasteiger partial charge in [0.2, 0.25) is 11.2 Å². The largest absolute Gasteiger partial charge is 0.482 e. The molecule has 0 unspecified atom stereocenters. The van der Waals surface area contributed by atoms with E-state index >= 15 is 0 Å². The van der Waals surface area contributed by atoms with E-state index in [9.17, 15) is 9.59 Å². The lowest BCUT2D eigenvalue weighted by molar-refractivity contribution is -0.134. The molecule has 0 aliphatic carbocycles. The number of fused-ring (bicyclic) bond motifs is 1. The van der Waals surface area contributed by atoms with Gasteiger partial charge in [-0.15, -0.1) is 11.3 Å². The minimum atomic E-state index is -0.500. The van der Waals surface area contributed by atoms with Crippen LogP contribution >= 0.6 is 22.9 Å². The molecule has 0 saturated heterocycles. The predicted molar refractivity (Wildman–Crippen MR) is 102 cm³/mol. The second-order valence-corrected chi connectivity index (χ2v) is 7.10. The Kier molecular flexibility index (Phi) is 5.44. The van der Waals surface area contributed by atoms with E-state index in [-0.39, 0.29) is 17.8 Å². The third-order valence-electron chi connectivity index (χ3n) is 3.55. The summed E-state index contributed by atoms with van der Waals surface area (Å²) < 4.78 is 16.1. The summed E-state index contributed by atoms with van der Waals surface area (Å²) in [6.07, 6.45) is 2.70. The van der Waals surface area contributed by atoms with Crippen LogP contribution in [0, 0.1) is 6.92 Å². The van der Waals surface area contributed by atoms with Gasteiger partial charge in [-0.1, -0.05) is 11.6 Å². The van der Waals surface area contributed by atoms with Gasteiger partial charge in [0.1, 0.15) is 12.2 Å². The molecule has 0 saturated carbocycles. The van der Waals surface area contributed by atoms with Crippen LogP contribution in [0.5, 0.6) is 5.75 Å². The number of carbonyl (C=O) groups is 1. The van der Waals surface area contributed by atoms with E-state index in [1.54, 1.807) is 18.2 Å². The Morgan fingerprint density at radius 1 is 1.31 bits per heavy atom. The van der Waals surface area contributed by atoms with Gasteiger partial charge in [0.15, 0.2) is 5.76 Å². The zero-order valence-electron chi connectivity index (χ0n) is 14.1. The third kappa shape index (κ3) is 3.81. The van der Waals surface area contributed by atoms with Crippen molar-refractivity contribution in [3.05, 3.63) is 62.6 Å². The molecule has 0 spiro atoms. The van der Waals surface area contributed by atoms with Crippen molar-refractivity contribution in [3.8, 4) is 16.4 Å². The standard InChI is InChI=1S/C19H15ClO5S/c1-11-5-8-15(26-11)18-19(24-9-3-4-16(21)23-2)17(22)13-10-12(20)6-7-14(13)25-18/h3-8,10H,9H2,1-2H3/b4-3+. The summed E-state index contributed by atoms with van der Waals surface area (Å²) in [5.74, 6) is -0.0643. The molecule has 2 heterocycles. The number of methoxy groups -OCH3 is 1. The molecule has 134 valence electrons. The molecule has 1 aromatic carbocycles. The highest BCUT2D eigenvalue weighted by atomic mass is 35.5. The van der Waals surface area contributed by atoms with Crippen LogP contribution < -0.4 is 10.2 Å². The Hall–Kier alpha value is -2.57. The normalized spacial score (nSPS) is 11.2. The molecule has 7 heteroatoms. The number of carbonyl (C=O) groups excluding carboxylic acids is 1. The fourth-order valence-electron chi connectivity index (χ4n) is 2.34. The molecule has 0 aliphatic rings. The van der Waals surface area contributed by atoms with Crippen molar-refractivity contribution in [3.63, 3.8) is 0 Å². The first kappa shape index (κ1) is 18.2. The summed E-state index contributed by atoms with van der Waals surface area (Å²) in [6.45, 7) is 1.98. The van der Waals surface area contributed by atoms with Gasteiger partial charge >= 0.3 is 5.97 Å². The molecule has 0 bridgehead atoms. The van der Waals surface area contributed by atoms with Crippen molar-refractivity contribution in [1.29, 1.82) is 0 Å². The molecule has 26 heavy (non-hydrogen) atoms. The minimum absolute atomic E-state index is 0.0172. The Balaban J connectivity index is 2.08. The number of ether oxygens (including phenoxy) is 2. The van der Waals surface area contributed by atoms with E-state index in [4.69, 9.17) is 20.8 Å². The van der Waals surface area contributed by atoms with Crippen molar-refractivity contribution in [2.45, 2.75) is 6.92 Å². The highest BCUT2D eigenvalue weighted by Gasteiger charge is 2.19. The maximum Gasteiger partial charge on any atom is 0.330 e. The molecule has 0 amide bonds. The van der Waals surface area contributed by atoms with Gasteiger partial charge in [-0.2, -0.15) is 0 Å². The number of aryl methyl sites for hydroxylation is 1. The zero-order valence-corrected chi connectivity index (χ0v) is 15.6. The van der Waals surface area contributed by atoms with Crippen molar-refractivity contribution in [2.75, 3.05) is 13.7 Å². The zero-order chi connectivity index (χ0) is 18.7. The van der Waals surface area contributed by atoms with Crippen LogP contribution in [0.15, 0.2) is 51.7 Å². The van der Waals surface area contributed by atoms with Crippen LogP contribution in [-0.2, 0) is 9.53 Å². The molecule has 3 aromatic rings. The lowest BCUT2D eigenvalue weighted by atomic mass is 10.2. The summed E-state index contributed by atoms with van der Waals surface area (Å²) in [5, 5.41) is 0.766. The molecule has 0 N–H and O–H groups in total. The van der Waals surface area contributed by atoms with Crippen LogP contribution in [0.4, 0.5) is 0 Å². The lowest BCUT2D eigenvalue weighted by Gasteiger charge is -2.09. The molecule has 0 aliphatic heterocycles. The monoisotopic (exact) mass is 390 g/mol. The van der Waals surface area contributed by atoms with Crippen molar-refractivity contribution in [1.82, 2.24) is 0 Å². The SMILES string of the molecule is COC(=O)/C=C/COc1c(-c2ccc(C)s2)oc2ccc(Cl)cc2c1=O. The third-order valence-corrected chi connectivity index (χ3v) is 4.79. The van der Waals surface area contributed by atoms with Crippen LogP contribution in [0.3, 0.4) is 0 Å². The van der Waals surface area contributed by atoms with E-state index in [2.05, 4.69) is 4.74 Å². The van der Waals surface area contributed by atoms with E-state index < -0.39 is 5.97 Å². The number of hydrogen-bond donors (Lipinski definition) is 0. The molecule has 2 aromatic heterocycles. The maximum absolute atomic E-state index is 12.9. The van der Waals surface area contributed by atoms with Crippen molar-refractivity contribution < 1.29 is 18.7 Å². The number of benzene rings is 1. The summed E-state index contributed by atoms with van der Waals surface area (Å²) in [7, 11) is 1.28. The van der Waals surface area contributed by atoms with E-state index in [1.807, 2.05) is 19.1 Å². The Morgan fingerprint density at radius 2 is 2.12 bits per heavy atom. The van der Waals surface area contributed by atoms with Gasteiger partial charge in [0.05, 0.1) is 17.4 Å². The summed E-state index contributed by atoms with van der Waals surface area (Å²) in [5.41, 5.74) is 0.110. The molecule has 0 radical (unpaired) electrons. The number of hydrogen-bond acceptors (Lipinski definition) is 6. The fraction of sp³-hybridized carbons (Fsp3) is 0.158. The average Bonchev–Trinajstić information content (AvgIpc) is 3.06. The van der Waals surface area contributed by atoms with Gasteiger partial charge < -0.3 is 13.9 Å². The number of esters is 1. The first-order valence-electron chi connectivity index (χ1n) is 7.70. The second-order valence-electron chi connectivity index (χ2n) is 5.38. The molecule has 0 atom stereocenters. The maximum atomic E-state index is 12.9. The minimum Gasteiger partial charge on any atom is -0.482 e. The highest BCUT2D eigenvalue weighted by molar-refractivity contribution is 7.15. The number of rotatable bonds is 5. The van der Waals surface area contributed by atoms with Crippen LogP contribution in [0.1, 0.15) is 4.88 Å². The number of thiophene rings is 1. The van der Waals surface area contributed by atoms with Gasteiger partial charge in [-0.05, 0) is 43.3 Å². The fourth-order valence-corrected chi connectivity index (χ4v) is 3.36. The Morgan fingerprint density at radius 3 is 2.81 bits per heavy atom. The molecule has 0 fully saturated rings. The first-order chi connectivity index (χ1) is 12.5. The molecule has 3 rings (SSSR count). The van der Waals surface area contributed by atoms with Gasteiger partial charge in [0, 0.05) is 16.0 Å². The predicted octanol–water partition coefficient (Wildman–Crippen LogP) is 4.59. The Labute approximate surface area is 158 Å². The van der Waals surface area contributed by atoms with Gasteiger partial charge in [-0.25, -0.2) is 4.79 Å². The van der Waals surface area contributed by atoms with Gasteiger partial charge in [0.25, 0.3) is 0 Å². The van der Waals surface area contributed by atoms with Crippen molar-refractivity contribution >= 4 is 39.9 Å². The molecular weight excluding hydrogens is 376 g/mol. The van der Waals surface area contributed by atoms with E-state index in [0.29, 0.717) is 21.8 Å².